The Morgan fingerprint density at radius 3 is 2.47 bits per heavy atom. The molecule has 1 fully saturated rings. The van der Waals surface area contributed by atoms with E-state index in [2.05, 4.69) is 43.1 Å². The van der Waals surface area contributed by atoms with Crippen LogP contribution in [0.15, 0.2) is 0 Å². The lowest BCUT2D eigenvalue weighted by Crippen LogP contribution is -2.42. The van der Waals surface area contributed by atoms with E-state index in [4.69, 9.17) is 0 Å². The number of hydrogen-bond acceptors (Lipinski definition) is 3. The molecule has 1 aliphatic heterocycles. The van der Waals surface area contributed by atoms with Crippen LogP contribution in [0.1, 0.15) is 52.4 Å². The van der Waals surface area contributed by atoms with Crippen molar-refractivity contribution in [1.82, 2.24) is 15.1 Å². The maximum absolute atomic E-state index is 3.57. The maximum Gasteiger partial charge on any atom is 0.0113 e. The van der Waals surface area contributed by atoms with Crippen LogP contribution in [0.3, 0.4) is 0 Å². The van der Waals surface area contributed by atoms with Crippen molar-refractivity contribution in [3.63, 3.8) is 0 Å². The number of nitrogens with zero attached hydrogens (tertiary/aromatic N) is 2. The molecule has 0 aromatic carbocycles. The molecule has 1 unspecified atom stereocenters. The second kappa shape index (κ2) is 9.73. The molecule has 1 heterocycles. The van der Waals surface area contributed by atoms with Gasteiger partial charge in [-0.25, -0.2) is 0 Å². The molecule has 1 saturated heterocycles. The molecule has 114 valence electrons. The Morgan fingerprint density at radius 1 is 1.21 bits per heavy atom. The molecular formula is C16H35N3. The fraction of sp³-hybridized carbons (Fsp3) is 1.00. The number of piperidine rings is 1. The molecule has 1 aliphatic rings. The molecule has 0 saturated carbocycles. The van der Waals surface area contributed by atoms with Gasteiger partial charge in [0, 0.05) is 12.1 Å². The van der Waals surface area contributed by atoms with Crippen LogP contribution in [0, 0.1) is 0 Å². The molecule has 0 aliphatic carbocycles. The summed E-state index contributed by atoms with van der Waals surface area (Å²) in [5.74, 6) is 0. The summed E-state index contributed by atoms with van der Waals surface area (Å²) in [6.45, 7) is 9.62. The summed E-state index contributed by atoms with van der Waals surface area (Å²) < 4.78 is 0. The van der Waals surface area contributed by atoms with Crippen LogP contribution in [0.2, 0.25) is 0 Å². The van der Waals surface area contributed by atoms with Crippen LogP contribution in [-0.2, 0) is 0 Å². The Balaban J connectivity index is 1.99. The average molecular weight is 269 g/mol. The third kappa shape index (κ3) is 7.28. The van der Waals surface area contributed by atoms with E-state index in [1.54, 1.807) is 0 Å². The van der Waals surface area contributed by atoms with E-state index in [1.807, 2.05) is 0 Å². The van der Waals surface area contributed by atoms with Crippen molar-refractivity contribution < 1.29 is 0 Å². The number of rotatable bonds is 9. The van der Waals surface area contributed by atoms with Gasteiger partial charge in [-0.15, -0.1) is 0 Å². The molecule has 1 atom stereocenters. The monoisotopic (exact) mass is 269 g/mol. The van der Waals surface area contributed by atoms with E-state index in [9.17, 15) is 0 Å². The topological polar surface area (TPSA) is 18.5 Å². The first kappa shape index (κ1) is 16.9. The van der Waals surface area contributed by atoms with Crippen LogP contribution >= 0.6 is 0 Å². The van der Waals surface area contributed by atoms with E-state index >= 15 is 0 Å². The Morgan fingerprint density at radius 2 is 1.89 bits per heavy atom. The zero-order valence-electron chi connectivity index (χ0n) is 13.6. The van der Waals surface area contributed by atoms with Gasteiger partial charge in [0.05, 0.1) is 0 Å². The number of hydrogen-bond donors (Lipinski definition) is 1. The van der Waals surface area contributed by atoms with Gasteiger partial charge in [0.15, 0.2) is 0 Å². The van der Waals surface area contributed by atoms with Crippen molar-refractivity contribution in [2.75, 3.05) is 40.3 Å². The highest BCUT2D eigenvalue weighted by atomic mass is 15.2. The second-order valence-corrected chi connectivity index (χ2v) is 6.39. The Labute approximate surface area is 120 Å². The maximum atomic E-state index is 3.57. The zero-order valence-corrected chi connectivity index (χ0v) is 13.6. The van der Waals surface area contributed by atoms with Crippen LogP contribution in [0.5, 0.6) is 0 Å². The summed E-state index contributed by atoms with van der Waals surface area (Å²) in [6.07, 6.45) is 8.00. The normalized spacial score (nSPS) is 20.1. The molecule has 0 aromatic heterocycles. The molecule has 1 N–H and O–H groups in total. The summed E-state index contributed by atoms with van der Waals surface area (Å²) in [7, 11) is 4.43. The lowest BCUT2D eigenvalue weighted by atomic mass is 10.0. The summed E-state index contributed by atoms with van der Waals surface area (Å²) in [6, 6.07) is 1.51. The fourth-order valence-corrected chi connectivity index (χ4v) is 2.94. The highest BCUT2D eigenvalue weighted by Crippen LogP contribution is 2.14. The van der Waals surface area contributed by atoms with E-state index in [0.717, 1.165) is 6.04 Å². The van der Waals surface area contributed by atoms with Gasteiger partial charge in [0.1, 0.15) is 0 Å². The van der Waals surface area contributed by atoms with Gasteiger partial charge >= 0.3 is 0 Å². The molecule has 0 radical (unpaired) electrons. The van der Waals surface area contributed by atoms with Gasteiger partial charge < -0.3 is 15.1 Å². The Kier molecular flexibility index (Phi) is 8.67. The highest BCUT2D eigenvalue weighted by molar-refractivity contribution is 4.76. The number of likely N-dealkylation sites (tertiary alicyclic amines) is 1. The molecule has 19 heavy (non-hydrogen) atoms. The molecule has 1 rings (SSSR count). The Bertz CT molecular complexity index is 210. The van der Waals surface area contributed by atoms with Crippen molar-refractivity contribution in [3.05, 3.63) is 0 Å². The van der Waals surface area contributed by atoms with Crippen molar-refractivity contribution in [2.45, 2.75) is 64.5 Å². The smallest absolute Gasteiger partial charge is 0.0113 e. The molecule has 0 amide bonds. The fourth-order valence-electron chi connectivity index (χ4n) is 2.94. The average Bonchev–Trinajstić information content (AvgIpc) is 2.41. The standard InChI is InChI=1S/C16H35N3/c1-5-11-17-15(2)8-6-7-12-19-13-9-16(10-14-19)18(3)4/h15-17H,5-14H2,1-4H3. The molecule has 3 heteroatoms. The number of nitrogens with one attached hydrogen (secondary N) is 1. The van der Waals surface area contributed by atoms with Gasteiger partial charge in [0.2, 0.25) is 0 Å². The van der Waals surface area contributed by atoms with Crippen molar-refractivity contribution >= 4 is 0 Å². The minimum atomic E-state index is 0.694. The molecule has 3 nitrogen and oxygen atoms in total. The molecule has 0 spiro atoms. The van der Waals surface area contributed by atoms with Crippen molar-refractivity contribution in [1.29, 1.82) is 0 Å². The van der Waals surface area contributed by atoms with Crippen molar-refractivity contribution in [3.8, 4) is 0 Å². The van der Waals surface area contributed by atoms with Gasteiger partial charge in [-0.05, 0) is 79.3 Å². The first-order chi connectivity index (χ1) is 9.13. The first-order valence-electron chi connectivity index (χ1n) is 8.25. The molecule has 0 bridgehead atoms. The van der Waals surface area contributed by atoms with E-state index in [-0.39, 0.29) is 0 Å². The molecule has 0 aromatic rings. The largest absolute Gasteiger partial charge is 0.314 e. The van der Waals surface area contributed by atoms with Crippen LogP contribution in [0.25, 0.3) is 0 Å². The van der Waals surface area contributed by atoms with Gasteiger partial charge in [-0.1, -0.05) is 13.3 Å². The zero-order chi connectivity index (χ0) is 14.1. The summed E-state index contributed by atoms with van der Waals surface area (Å²) in [4.78, 5) is 5.04. The van der Waals surface area contributed by atoms with Crippen LogP contribution in [0.4, 0.5) is 0 Å². The third-order valence-electron chi connectivity index (χ3n) is 4.39. The van der Waals surface area contributed by atoms with Crippen LogP contribution < -0.4 is 5.32 Å². The lowest BCUT2D eigenvalue weighted by Gasteiger charge is -2.35. The first-order valence-corrected chi connectivity index (χ1v) is 8.25. The summed E-state index contributed by atoms with van der Waals surface area (Å²) in [5.41, 5.74) is 0. The quantitative estimate of drug-likeness (QED) is 0.649. The predicted octanol–water partition coefficient (Wildman–Crippen LogP) is 2.57. The van der Waals surface area contributed by atoms with Gasteiger partial charge in [0.25, 0.3) is 0 Å². The van der Waals surface area contributed by atoms with E-state index in [1.165, 1.54) is 64.7 Å². The van der Waals surface area contributed by atoms with E-state index in [0.29, 0.717) is 6.04 Å². The number of unbranched alkanes of at least 4 members (excludes halogenated alkanes) is 1. The third-order valence-corrected chi connectivity index (χ3v) is 4.39. The van der Waals surface area contributed by atoms with E-state index < -0.39 is 0 Å². The summed E-state index contributed by atoms with van der Waals surface area (Å²) in [5, 5.41) is 3.57. The molecular weight excluding hydrogens is 234 g/mol. The predicted molar refractivity (Wildman–Crippen MR) is 84.8 cm³/mol. The SMILES string of the molecule is CCCNC(C)CCCCN1CCC(N(C)C)CC1. The van der Waals surface area contributed by atoms with Crippen LogP contribution in [-0.4, -0.2) is 62.2 Å². The Hall–Kier alpha value is -0.120. The van der Waals surface area contributed by atoms with Gasteiger partial charge in [-0.2, -0.15) is 0 Å². The van der Waals surface area contributed by atoms with Gasteiger partial charge in [-0.3, -0.25) is 0 Å². The van der Waals surface area contributed by atoms with Crippen molar-refractivity contribution in [2.24, 2.45) is 0 Å². The minimum absolute atomic E-state index is 0.694. The second-order valence-electron chi connectivity index (χ2n) is 6.39. The minimum Gasteiger partial charge on any atom is -0.314 e. The lowest BCUT2D eigenvalue weighted by molar-refractivity contribution is 0.143. The highest BCUT2D eigenvalue weighted by Gasteiger charge is 2.19. The summed E-state index contributed by atoms with van der Waals surface area (Å²) >= 11 is 0.